The van der Waals surface area contributed by atoms with Gasteiger partial charge in [0.1, 0.15) is 0 Å². The molecule has 122 valence electrons. The van der Waals surface area contributed by atoms with Gasteiger partial charge in [0.05, 0.1) is 0 Å². The van der Waals surface area contributed by atoms with Crippen LogP contribution in [-0.2, 0) is 17.6 Å². The molecular formula is C18H28N2O2. The van der Waals surface area contributed by atoms with Gasteiger partial charge < -0.3 is 4.74 Å². The van der Waals surface area contributed by atoms with Gasteiger partial charge in [0.15, 0.2) is 0 Å². The number of hydrogen-bond donors (Lipinski definition) is 1. The van der Waals surface area contributed by atoms with Crippen LogP contribution in [0.2, 0.25) is 0 Å². The lowest BCUT2D eigenvalue weighted by Crippen LogP contribution is -2.36. The van der Waals surface area contributed by atoms with Crippen LogP contribution >= 0.6 is 0 Å². The van der Waals surface area contributed by atoms with Gasteiger partial charge in [-0.1, -0.05) is 45.4 Å². The van der Waals surface area contributed by atoms with Crippen LogP contribution in [0.4, 0.5) is 0 Å². The number of aryl methyl sites for hydroxylation is 3. The van der Waals surface area contributed by atoms with Crippen molar-refractivity contribution >= 4 is 12.0 Å². The molecule has 0 radical (unpaired) electrons. The van der Waals surface area contributed by atoms with Gasteiger partial charge in [-0.2, -0.15) is 5.10 Å². The first kappa shape index (κ1) is 18.4. The Morgan fingerprint density at radius 1 is 1.27 bits per heavy atom. The van der Waals surface area contributed by atoms with Gasteiger partial charge in [0, 0.05) is 18.9 Å². The fraction of sp³-hybridized carbons (Fsp3) is 0.556. The summed E-state index contributed by atoms with van der Waals surface area (Å²) in [6.45, 7) is 10.2. The summed E-state index contributed by atoms with van der Waals surface area (Å²) in [6, 6.07) is 4.16. The Kier molecular flexibility index (Phi) is 7.25. The minimum Gasteiger partial charge on any atom is -0.353 e. The van der Waals surface area contributed by atoms with Crippen molar-refractivity contribution in [3.63, 3.8) is 0 Å². The summed E-state index contributed by atoms with van der Waals surface area (Å²) in [5.41, 5.74) is 6.91. The molecule has 1 atom stereocenters. The van der Waals surface area contributed by atoms with Crippen LogP contribution in [0.3, 0.4) is 0 Å². The summed E-state index contributed by atoms with van der Waals surface area (Å²) < 4.78 is 5.30. The van der Waals surface area contributed by atoms with Crippen LogP contribution in [0.5, 0.6) is 0 Å². The number of benzene rings is 1. The second-order valence-electron chi connectivity index (χ2n) is 5.80. The molecule has 0 bridgehead atoms. The third-order valence-electron chi connectivity index (χ3n) is 3.49. The number of nitrogens with zero attached hydrogens (tertiary/aromatic N) is 1. The minimum absolute atomic E-state index is 0.0582. The molecule has 0 saturated heterocycles. The van der Waals surface area contributed by atoms with Crippen LogP contribution < -0.4 is 5.43 Å². The van der Waals surface area contributed by atoms with E-state index in [-0.39, 0.29) is 5.78 Å². The molecule has 0 fully saturated rings. The normalized spacial score (nSPS) is 12.9. The third-order valence-corrected chi connectivity index (χ3v) is 3.49. The Balaban J connectivity index is 3.13. The van der Waals surface area contributed by atoms with Crippen LogP contribution in [0, 0.1) is 12.8 Å². The van der Waals surface area contributed by atoms with E-state index in [1.807, 2.05) is 13.8 Å². The fourth-order valence-corrected chi connectivity index (χ4v) is 2.43. The van der Waals surface area contributed by atoms with Gasteiger partial charge >= 0.3 is 0 Å². The van der Waals surface area contributed by atoms with Gasteiger partial charge in [0.25, 0.3) is 0 Å². The number of carbonyl (C=O) groups is 1. The van der Waals surface area contributed by atoms with E-state index >= 15 is 0 Å². The molecule has 0 aliphatic carbocycles. The van der Waals surface area contributed by atoms with Crippen molar-refractivity contribution < 1.29 is 9.53 Å². The summed E-state index contributed by atoms with van der Waals surface area (Å²) in [5, 5.41) is 4.10. The molecule has 0 aromatic heterocycles. The quantitative estimate of drug-likeness (QED) is 0.346. The zero-order chi connectivity index (χ0) is 16.7. The van der Waals surface area contributed by atoms with Crippen molar-refractivity contribution in [2.45, 2.75) is 53.7 Å². The predicted molar refractivity (Wildman–Crippen MR) is 91.5 cm³/mol. The molecule has 0 aliphatic rings. The zero-order valence-corrected chi connectivity index (χ0v) is 14.6. The van der Waals surface area contributed by atoms with Gasteiger partial charge in [-0.05, 0) is 36.8 Å². The van der Waals surface area contributed by atoms with Crippen molar-refractivity contribution in [1.82, 2.24) is 5.43 Å². The second kappa shape index (κ2) is 8.69. The van der Waals surface area contributed by atoms with Crippen molar-refractivity contribution in [2.24, 2.45) is 11.0 Å². The molecule has 1 aromatic rings. The molecule has 0 saturated carbocycles. The first-order valence-corrected chi connectivity index (χ1v) is 7.92. The molecule has 1 aromatic carbocycles. The molecule has 0 amide bonds. The number of ketones is 1. The second-order valence-corrected chi connectivity index (χ2v) is 5.80. The predicted octanol–water partition coefficient (Wildman–Crippen LogP) is 3.51. The average Bonchev–Trinajstić information content (AvgIpc) is 2.49. The third kappa shape index (κ3) is 4.67. The molecule has 4 heteroatoms. The maximum absolute atomic E-state index is 12.9. The smallest absolute Gasteiger partial charge is 0.213 e. The van der Waals surface area contributed by atoms with Crippen molar-refractivity contribution in [2.75, 3.05) is 7.11 Å². The summed E-state index contributed by atoms with van der Waals surface area (Å²) in [5.74, 6) is 0.258. The lowest BCUT2D eigenvalue weighted by molar-refractivity contribution is 0.0499. The molecule has 0 aliphatic heterocycles. The van der Waals surface area contributed by atoms with Crippen molar-refractivity contribution in [3.8, 4) is 0 Å². The first-order valence-electron chi connectivity index (χ1n) is 7.92. The minimum atomic E-state index is -0.756. The fourth-order valence-electron chi connectivity index (χ4n) is 2.43. The van der Waals surface area contributed by atoms with E-state index in [9.17, 15) is 4.79 Å². The first-order chi connectivity index (χ1) is 10.4. The van der Waals surface area contributed by atoms with E-state index in [4.69, 9.17) is 4.74 Å². The van der Waals surface area contributed by atoms with E-state index < -0.39 is 6.23 Å². The van der Waals surface area contributed by atoms with Crippen LogP contribution in [0.25, 0.3) is 0 Å². The highest BCUT2D eigenvalue weighted by molar-refractivity contribution is 6.02. The molecule has 0 heterocycles. The number of Topliss-reactive ketones (excluding diaryl/α,β-unsaturated/α-hetero) is 1. The topological polar surface area (TPSA) is 50.7 Å². The Hall–Kier alpha value is -1.68. The Morgan fingerprint density at radius 2 is 1.82 bits per heavy atom. The van der Waals surface area contributed by atoms with Gasteiger partial charge in [-0.3, -0.25) is 10.2 Å². The molecule has 1 rings (SSSR count). The number of hydrazone groups is 1. The SMILES string of the molecule is CCc1cc(C)cc(CC)c1C(=O)C(NN=CC(C)C)OC. The average molecular weight is 304 g/mol. The van der Waals surface area contributed by atoms with Crippen LogP contribution in [0.15, 0.2) is 17.2 Å². The summed E-state index contributed by atoms with van der Waals surface area (Å²) in [7, 11) is 1.52. The lowest BCUT2D eigenvalue weighted by atomic mass is 9.91. The highest BCUT2D eigenvalue weighted by Gasteiger charge is 2.24. The van der Waals surface area contributed by atoms with E-state index in [1.54, 1.807) is 6.21 Å². The van der Waals surface area contributed by atoms with Crippen molar-refractivity contribution in [3.05, 3.63) is 34.4 Å². The number of nitrogens with one attached hydrogen (secondary N) is 1. The molecule has 22 heavy (non-hydrogen) atoms. The number of methoxy groups -OCH3 is 1. The van der Waals surface area contributed by atoms with E-state index in [1.165, 1.54) is 12.7 Å². The van der Waals surface area contributed by atoms with Gasteiger partial charge in [0.2, 0.25) is 12.0 Å². The van der Waals surface area contributed by atoms with Crippen molar-refractivity contribution in [1.29, 1.82) is 0 Å². The Bertz CT molecular complexity index is 511. The number of carbonyl (C=O) groups excluding carboxylic acids is 1. The summed E-state index contributed by atoms with van der Waals surface area (Å²) in [6.07, 6.45) is 2.65. The highest BCUT2D eigenvalue weighted by atomic mass is 16.5. The monoisotopic (exact) mass is 304 g/mol. The van der Waals surface area contributed by atoms with E-state index in [0.717, 1.165) is 29.5 Å². The molecule has 1 unspecified atom stereocenters. The Labute approximate surface area is 134 Å². The van der Waals surface area contributed by atoms with E-state index in [0.29, 0.717) is 5.92 Å². The number of rotatable bonds is 8. The highest BCUT2D eigenvalue weighted by Crippen LogP contribution is 2.21. The standard InChI is InChI=1S/C18H28N2O2/c1-7-14-9-13(5)10-15(8-2)16(14)17(21)18(22-6)20-19-11-12(3)4/h9-12,18,20H,7-8H2,1-6H3. The molecule has 1 N–H and O–H groups in total. The lowest BCUT2D eigenvalue weighted by Gasteiger charge is -2.19. The Morgan fingerprint density at radius 3 is 2.23 bits per heavy atom. The molecule has 0 spiro atoms. The maximum atomic E-state index is 12.9. The summed E-state index contributed by atoms with van der Waals surface area (Å²) in [4.78, 5) is 12.9. The molecule has 4 nitrogen and oxygen atoms in total. The van der Waals surface area contributed by atoms with Crippen LogP contribution in [-0.4, -0.2) is 25.3 Å². The van der Waals surface area contributed by atoms with E-state index in [2.05, 4.69) is 43.4 Å². The zero-order valence-electron chi connectivity index (χ0n) is 14.6. The van der Waals surface area contributed by atoms with Crippen LogP contribution in [0.1, 0.15) is 54.7 Å². The largest absolute Gasteiger partial charge is 0.353 e. The number of ether oxygens (including phenoxy) is 1. The molecular weight excluding hydrogens is 276 g/mol. The summed E-state index contributed by atoms with van der Waals surface area (Å²) >= 11 is 0. The van der Waals surface area contributed by atoms with Gasteiger partial charge in [-0.15, -0.1) is 0 Å². The number of hydrogen-bond acceptors (Lipinski definition) is 4. The maximum Gasteiger partial charge on any atom is 0.213 e. The van der Waals surface area contributed by atoms with Gasteiger partial charge in [-0.25, -0.2) is 0 Å².